The first-order chi connectivity index (χ1) is 9.19. The maximum Gasteiger partial charge on any atom is 0.527 e. The van der Waals surface area contributed by atoms with Gasteiger partial charge in [-0.1, -0.05) is 13.8 Å². The summed E-state index contributed by atoms with van der Waals surface area (Å²) >= 11 is 0. The molecule has 5 nitrogen and oxygen atoms in total. The second-order valence-corrected chi connectivity index (χ2v) is 8.44. The van der Waals surface area contributed by atoms with Gasteiger partial charge < -0.3 is 10.1 Å². The Balaban J connectivity index is 2.35. The molecule has 0 aliphatic carbocycles. The molecule has 0 aromatic heterocycles. The van der Waals surface area contributed by atoms with Gasteiger partial charge in [-0.25, -0.2) is 0 Å². The van der Waals surface area contributed by atoms with Gasteiger partial charge >= 0.3 is 5.30 Å². The highest BCUT2D eigenvalue weighted by Gasteiger charge is 2.44. The number of hydrogen-bond donors (Lipinski definition) is 2. The van der Waals surface area contributed by atoms with Gasteiger partial charge in [0, 0.05) is 6.54 Å². The smallest absolute Gasteiger partial charge is 0.420 e. The molecule has 1 fully saturated rings. The molecule has 20 heavy (non-hydrogen) atoms. The van der Waals surface area contributed by atoms with Crippen LogP contribution in [-0.2, 0) is 20.4 Å². The first-order valence-electron chi connectivity index (χ1n) is 7.10. The molecule has 0 spiro atoms. The highest BCUT2D eigenvalue weighted by Crippen LogP contribution is 2.16. The summed E-state index contributed by atoms with van der Waals surface area (Å²) in [4.78, 5) is 23.9. The fourth-order valence-electron chi connectivity index (χ4n) is 1.73. The maximum absolute atomic E-state index is 12.0. The van der Waals surface area contributed by atoms with E-state index >= 15 is 0 Å². The van der Waals surface area contributed by atoms with E-state index in [1.165, 1.54) is 0 Å². The summed E-state index contributed by atoms with van der Waals surface area (Å²) in [6.45, 7) is 10.5. The molecular formula is C14H27N2O3S+. The SMILES string of the molecule is CC(C)CCNC(=O)[C@@H]1C[S+](C(=O)OC(C)(C)C)CN1. The topological polar surface area (TPSA) is 67.4 Å². The van der Waals surface area contributed by atoms with E-state index in [-0.39, 0.29) is 17.3 Å². The van der Waals surface area contributed by atoms with Crippen LogP contribution in [0.4, 0.5) is 4.79 Å². The van der Waals surface area contributed by atoms with Crippen LogP contribution in [0.15, 0.2) is 0 Å². The van der Waals surface area contributed by atoms with Crippen LogP contribution >= 0.6 is 0 Å². The van der Waals surface area contributed by atoms with Crippen LogP contribution in [0.25, 0.3) is 0 Å². The third-order valence-corrected chi connectivity index (χ3v) is 4.64. The van der Waals surface area contributed by atoms with Crippen molar-refractivity contribution in [3.63, 3.8) is 0 Å². The Kier molecular flexibility index (Phi) is 6.33. The van der Waals surface area contributed by atoms with E-state index < -0.39 is 16.5 Å². The van der Waals surface area contributed by atoms with Crippen molar-refractivity contribution >= 4 is 22.1 Å². The van der Waals surface area contributed by atoms with Gasteiger partial charge in [0.1, 0.15) is 28.3 Å². The Labute approximate surface area is 124 Å². The highest BCUT2D eigenvalue weighted by molar-refractivity contribution is 8.10. The lowest BCUT2D eigenvalue weighted by Gasteiger charge is -2.17. The quantitative estimate of drug-likeness (QED) is 0.612. The number of rotatable bonds is 4. The molecule has 1 aliphatic rings. The molecule has 0 saturated carbocycles. The molecule has 6 heteroatoms. The van der Waals surface area contributed by atoms with E-state index in [0.717, 1.165) is 6.42 Å². The normalized spacial score (nSPS) is 22.9. The summed E-state index contributed by atoms with van der Waals surface area (Å²) in [6.07, 6.45) is 0.968. The van der Waals surface area contributed by atoms with Crippen LogP contribution in [0.1, 0.15) is 41.0 Å². The molecule has 2 atom stereocenters. The van der Waals surface area contributed by atoms with E-state index in [0.29, 0.717) is 24.1 Å². The molecule has 2 N–H and O–H groups in total. The summed E-state index contributed by atoms with van der Waals surface area (Å²) < 4.78 is 5.36. The third-order valence-electron chi connectivity index (χ3n) is 2.83. The first kappa shape index (κ1) is 17.3. The van der Waals surface area contributed by atoms with E-state index in [2.05, 4.69) is 24.5 Å². The number of amides is 1. The van der Waals surface area contributed by atoms with Crippen molar-refractivity contribution in [2.24, 2.45) is 5.92 Å². The van der Waals surface area contributed by atoms with E-state index in [1.54, 1.807) is 0 Å². The third kappa shape index (κ3) is 6.13. The Bertz CT molecular complexity index is 353. The van der Waals surface area contributed by atoms with E-state index in [9.17, 15) is 9.59 Å². The number of carbonyl (C=O) groups is 2. The standard InChI is InChI=1S/C14H26N2O3S/c1-10(2)6-7-15-12(17)11-8-20(9-16-11)13(18)19-14(3,4)5/h10-11,16H,6-9H2,1-5H3/p+1/t11-,20?/m0/s1. The lowest BCUT2D eigenvalue weighted by Crippen LogP contribution is -2.42. The average Bonchev–Trinajstić information content (AvgIpc) is 2.75. The van der Waals surface area contributed by atoms with Crippen LogP contribution in [0.3, 0.4) is 0 Å². The lowest BCUT2D eigenvalue weighted by atomic mass is 10.1. The number of nitrogens with one attached hydrogen (secondary N) is 2. The highest BCUT2D eigenvalue weighted by atomic mass is 32.2. The Morgan fingerprint density at radius 3 is 2.60 bits per heavy atom. The van der Waals surface area contributed by atoms with Crippen molar-refractivity contribution in [1.29, 1.82) is 0 Å². The fourth-order valence-corrected chi connectivity index (χ4v) is 3.55. The zero-order valence-electron chi connectivity index (χ0n) is 13.1. The van der Waals surface area contributed by atoms with Crippen molar-refractivity contribution in [3.05, 3.63) is 0 Å². The Morgan fingerprint density at radius 2 is 2.05 bits per heavy atom. The van der Waals surface area contributed by atoms with Gasteiger partial charge in [-0.2, -0.15) is 4.79 Å². The summed E-state index contributed by atoms with van der Waals surface area (Å²) in [5, 5.41) is 5.83. The van der Waals surface area contributed by atoms with Crippen LogP contribution in [0.5, 0.6) is 0 Å². The molecule has 0 aromatic rings. The molecule has 1 saturated heterocycles. The molecule has 1 unspecified atom stereocenters. The lowest BCUT2D eigenvalue weighted by molar-refractivity contribution is -0.122. The first-order valence-corrected chi connectivity index (χ1v) is 8.67. The second kappa shape index (κ2) is 7.31. The van der Waals surface area contributed by atoms with Crippen LogP contribution in [0.2, 0.25) is 0 Å². The largest absolute Gasteiger partial charge is 0.527 e. The molecule has 1 amide bonds. The predicted molar refractivity (Wildman–Crippen MR) is 82.7 cm³/mol. The minimum atomic E-state index is -0.517. The summed E-state index contributed by atoms with van der Waals surface area (Å²) in [5.74, 6) is 1.65. The monoisotopic (exact) mass is 303 g/mol. The van der Waals surface area contributed by atoms with Crippen LogP contribution in [-0.4, -0.2) is 41.0 Å². The molecule has 0 bridgehead atoms. The summed E-state index contributed by atoms with van der Waals surface area (Å²) in [7, 11) is -0.517. The molecular weight excluding hydrogens is 276 g/mol. The van der Waals surface area contributed by atoms with Crippen molar-refractivity contribution in [2.75, 3.05) is 18.2 Å². The number of carbonyl (C=O) groups excluding carboxylic acids is 2. The van der Waals surface area contributed by atoms with Gasteiger partial charge in [-0.05, 0) is 33.1 Å². The van der Waals surface area contributed by atoms with Gasteiger partial charge in [0.2, 0.25) is 5.91 Å². The van der Waals surface area contributed by atoms with Crippen molar-refractivity contribution < 1.29 is 14.3 Å². The minimum Gasteiger partial charge on any atom is -0.420 e. The molecule has 1 aliphatic heterocycles. The van der Waals surface area contributed by atoms with E-state index in [1.807, 2.05) is 20.8 Å². The summed E-state index contributed by atoms with van der Waals surface area (Å²) in [6, 6.07) is -0.266. The van der Waals surface area contributed by atoms with Gasteiger partial charge in [-0.3, -0.25) is 10.1 Å². The molecule has 1 heterocycles. The van der Waals surface area contributed by atoms with Crippen molar-refractivity contribution in [2.45, 2.75) is 52.7 Å². The summed E-state index contributed by atoms with van der Waals surface area (Å²) in [5.41, 5.74) is -0.471. The molecule has 116 valence electrons. The fraction of sp³-hybridized carbons (Fsp3) is 0.857. The van der Waals surface area contributed by atoms with Crippen LogP contribution in [0, 0.1) is 5.92 Å². The maximum atomic E-state index is 12.0. The minimum absolute atomic E-state index is 0.00999. The van der Waals surface area contributed by atoms with Gasteiger partial charge in [0.25, 0.3) is 0 Å². The zero-order valence-corrected chi connectivity index (χ0v) is 13.9. The van der Waals surface area contributed by atoms with Crippen molar-refractivity contribution in [3.8, 4) is 0 Å². The molecule has 0 aromatic carbocycles. The average molecular weight is 303 g/mol. The van der Waals surface area contributed by atoms with Gasteiger partial charge in [-0.15, -0.1) is 0 Å². The van der Waals surface area contributed by atoms with E-state index in [4.69, 9.17) is 4.74 Å². The Morgan fingerprint density at radius 1 is 1.40 bits per heavy atom. The molecule has 1 rings (SSSR count). The molecule has 0 radical (unpaired) electrons. The van der Waals surface area contributed by atoms with Crippen molar-refractivity contribution in [1.82, 2.24) is 10.6 Å². The Hall–Kier alpha value is -0.750. The van der Waals surface area contributed by atoms with Gasteiger partial charge in [0.05, 0.1) is 0 Å². The van der Waals surface area contributed by atoms with Crippen LogP contribution < -0.4 is 10.6 Å². The second-order valence-electron chi connectivity index (χ2n) is 6.50. The number of hydrogen-bond acceptors (Lipinski definition) is 4. The number of ether oxygens (including phenoxy) is 1. The predicted octanol–water partition coefficient (Wildman–Crippen LogP) is 1.63. The zero-order chi connectivity index (χ0) is 15.3. The van der Waals surface area contributed by atoms with Gasteiger partial charge in [0.15, 0.2) is 5.88 Å².